The molecule has 0 amide bonds. The normalized spacial score (nSPS) is 28.2. The SMILES string of the molecule is O=C(O)C1CN(C2CCC3(Cc4ccccc4Cc4ccccc43)C2)C1. The topological polar surface area (TPSA) is 40.5 Å². The predicted octanol–water partition coefficient (Wildman–Crippen LogP) is 3.64. The van der Waals surface area contributed by atoms with Gasteiger partial charge in [-0.05, 0) is 54.4 Å². The molecule has 0 aromatic heterocycles. The van der Waals surface area contributed by atoms with Gasteiger partial charge in [0.05, 0.1) is 5.92 Å². The van der Waals surface area contributed by atoms with E-state index in [2.05, 4.69) is 53.4 Å². The van der Waals surface area contributed by atoms with Gasteiger partial charge in [-0.3, -0.25) is 9.69 Å². The van der Waals surface area contributed by atoms with Crippen LogP contribution in [0.1, 0.15) is 41.5 Å². The minimum absolute atomic E-state index is 0.159. The monoisotopic (exact) mass is 347 g/mol. The average Bonchev–Trinajstić information content (AvgIpc) is 2.93. The highest BCUT2D eigenvalue weighted by atomic mass is 16.4. The molecule has 3 aliphatic rings. The van der Waals surface area contributed by atoms with Gasteiger partial charge in [0.15, 0.2) is 0 Å². The van der Waals surface area contributed by atoms with Crippen molar-refractivity contribution in [1.29, 1.82) is 0 Å². The largest absolute Gasteiger partial charge is 0.481 e. The Morgan fingerprint density at radius 1 is 1.00 bits per heavy atom. The van der Waals surface area contributed by atoms with Crippen LogP contribution in [0.2, 0.25) is 0 Å². The average molecular weight is 347 g/mol. The molecule has 1 heterocycles. The number of rotatable bonds is 2. The Balaban J connectivity index is 1.47. The first-order chi connectivity index (χ1) is 12.6. The van der Waals surface area contributed by atoms with E-state index in [9.17, 15) is 9.90 Å². The molecule has 134 valence electrons. The zero-order valence-corrected chi connectivity index (χ0v) is 15.0. The third-order valence-corrected chi connectivity index (χ3v) is 6.97. The van der Waals surface area contributed by atoms with Crippen LogP contribution in [-0.4, -0.2) is 35.1 Å². The Kier molecular flexibility index (Phi) is 3.68. The van der Waals surface area contributed by atoms with Crippen LogP contribution in [-0.2, 0) is 23.1 Å². The summed E-state index contributed by atoms with van der Waals surface area (Å²) in [6.45, 7) is 1.46. The van der Waals surface area contributed by atoms with Crippen molar-refractivity contribution in [2.45, 2.75) is 43.6 Å². The number of benzene rings is 2. The maximum Gasteiger partial charge on any atom is 0.309 e. The van der Waals surface area contributed by atoms with E-state index in [1.165, 1.54) is 35.1 Å². The second-order valence-electron chi connectivity index (χ2n) is 8.45. The highest BCUT2D eigenvalue weighted by molar-refractivity contribution is 5.71. The van der Waals surface area contributed by atoms with E-state index in [-0.39, 0.29) is 11.3 Å². The zero-order chi connectivity index (χ0) is 17.7. The van der Waals surface area contributed by atoms with E-state index in [0.717, 1.165) is 32.4 Å². The second kappa shape index (κ2) is 5.95. The smallest absolute Gasteiger partial charge is 0.309 e. The number of aliphatic carboxylic acids is 1. The molecule has 0 radical (unpaired) electrons. The van der Waals surface area contributed by atoms with Crippen molar-refractivity contribution in [2.75, 3.05) is 13.1 Å². The Morgan fingerprint density at radius 3 is 2.46 bits per heavy atom. The fraction of sp³-hybridized carbons (Fsp3) is 0.435. The molecule has 3 nitrogen and oxygen atoms in total. The van der Waals surface area contributed by atoms with Crippen LogP contribution in [0.3, 0.4) is 0 Å². The van der Waals surface area contributed by atoms with Crippen molar-refractivity contribution in [3.63, 3.8) is 0 Å². The number of hydrogen-bond acceptors (Lipinski definition) is 2. The first-order valence-electron chi connectivity index (χ1n) is 9.77. The maximum atomic E-state index is 11.2. The summed E-state index contributed by atoms with van der Waals surface area (Å²) < 4.78 is 0. The fourth-order valence-electron chi connectivity index (χ4n) is 5.54. The van der Waals surface area contributed by atoms with Gasteiger partial charge in [-0.25, -0.2) is 0 Å². The number of likely N-dealkylation sites (tertiary alicyclic amines) is 1. The van der Waals surface area contributed by atoms with Crippen LogP contribution in [0.5, 0.6) is 0 Å². The second-order valence-corrected chi connectivity index (χ2v) is 8.45. The predicted molar refractivity (Wildman–Crippen MR) is 101 cm³/mol. The fourth-order valence-corrected chi connectivity index (χ4v) is 5.54. The Bertz CT molecular complexity index is 855. The van der Waals surface area contributed by atoms with Crippen molar-refractivity contribution in [1.82, 2.24) is 4.90 Å². The van der Waals surface area contributed by atoms with E-state index >= 15 is 0 Å². The molecule has 1 saturated carbocycles. The number of fused-ring (bicyclic) bond motifs is 3. The van der Waals surface area contributed by atoms with Crippen LogP contribution in [0, 0.1) is 5.92 Å². The van der Waals surface area contributed by atoms with Crippen LogP contribution in [0.15, 0.2) is 48.5 Å². The summed E-state index contributed by atoms with van der Waals surface area (Å²) in [5.41, 5.74) is 6.19. The third kappa shape index (κ3) is 2.49. The quantitative estimate of drug-likeness (QED) is 0.902. The molecule has 3 heteroatoms. The van der Waals surface area contributed by atoms with Crippen LogP contribution in [0.4, 0.5) is 0 Å². The van der Waals surface area contributed by atoms with E-state index in [1.54, 1.807) is 0 Å². The summed E-state index contributed by atoms with van der Waals surface area (Å²) >= 11 is 0. The van der Waals surface area contributed by atoms with Crippen LogP contribution in [0.25, 0.3) is 0 Å². The van der Waals surface area contributed by atoms with Crippen molar-refractivity contribution < 1.29 is 9.90 Å². The minimum atomic E-state index is -0.636. The van der Waals surface area contributed by atoms with Gasteiger partial charge in [-0.2, -0.15) is 0 Å². The molecular weight excluding hydrogens is 322 g/mol. The van der Waals surface area contributed by atoms with Gasteiger partial charge in [-0.1, -0.05) is 48.5 Å². The lowest BCUT2D eigenvalue weighted by atomic mass is 9.73. The van der Waals surface area contributed by atoms with Gasteiger partial charge < -0.3 is 5.11 Å². The van der Waals surface area contributed by atoms with Crippen molar-refractivity contribution in [3.05, 3.63) is 70.8 Å². The summed E-state index contributed by atoms with van der Waals surface area (Å²) in [5.74, 6) is -0.795. The number of hydrogen-bond donors (Lipinski definition) is 1. The number of carbonyl (C=O) groups is 1. The van der Waals surface area contributed by atoms with E-state index < -0.39 is 5.97 Å². The Labute approximate surface area is 154 Å². The molecule has 2 atom stereocenters. The molecule has 2 aliphatic carbocycles. The highest BCUT2D eigenvalue weighted by Gasteiger charge is 2.47. The van der Waals surface area contributed by atoms with Crippen LogP contribution >= 0.6 is 0 Å². The van der Waals surface area contributed by atoms with E-state index in [4.69, 9.17) is 0 Å². The van der Waals surface area contributed by atoms with E-state index in [1.807, 2.05) is 0 Å². The first kappa shape index (κ1) is 16.1. The Hall–Kier alpha value is -2.13. The summed E-state index contributed by atoms with van der Waals surface area (Å²) in [7, 11) is 0. The standard InChI is InChI=1S/C23H25NO2/c25-22(26)19-14-24(15-19)20-9-10-23(13-20)12-18-7-2-1-5-16(18)11-17-6-3-4-8-21(17)23/h1-8,19-20H,9-15H2,(H,25,26). The molecule has 2 aromatic rings. The van der Waals surface area contributed by atoms with Crippen LogP contribution < -0.4 is 0 Å². The van der Waals surface area contributed by atoms with Gasteiger partial charge in [-0.15, -0.1) is 0 Å². The molecule has 1 N–H and O–H groups in total. The van der Waals surface area contributed by atoms with Gasteiger partial charge in [0.25, 0.3) is 0 Å². The summed E-state index contributed by atoms with van der Waals surface area (Å²) in [4.78, 5) is 13.6. The molecule has 2 fully saturated rings. The van der Waals surface area contributed by atoms with Crippen molar-refractivity contribution in [2.24, 2.45) is 5.92 Å². The van der Waals surface area contributed by atoms with Gasteiger partial charge in [0.1, 0.15) is 0 Å². The lowest BCUT2D eigenvalue weighted by Crippen LogP contribution is -2.54. The first-order valence-corrected chi connectivity index (χ1v) is 9.77. The molecule has 2 aromatic carbocycles. The molecule has 1 aliphatic heterocycles. The molecule has 1 spiro atoms. The third-order valence-electron chi connectivity index (χ3n) is 6.97. The highest BCUT2D eigenvalue weighted by Crippen LogP contribution is 2.49. The summed E-state index contributed by atoms with van der Waals surface area (Å²) in [6, 6.07) is 18.4. The van der Waals surface area contributed by atoms with Gasteiger partial charge in [0.2, 0.25) is 0 Å². The maximum absolute atomic E-state index is 11.2. The summed E-state index contributed by atoms with van der Waals surface area (Å²) in [6.07, 6.45) is 5.70. The number of carboxylic acids is 1. The van der Waals surface area contributed by atoms with Crippen molar-refractivity contribution in [3.8, 4) is 0 Å². The lowest BCUT2D eigenvalue weighted by Gasteiger charge is -2.42. The molecule has 26 heavy (non-hydrogen) atoms. The van der Waals surface area contributed by atoms with E-state index in [0.29, 0.717) is 6.04 Å². The molecule has 1 saturated heterocycles. The van der Waals surface area contributed by atoms with Gasteiger partial charge >= 0.3 is 5.97 Å². The molecular formula is C23H25NO2. The summed E-state index contributed by atoms with van der Waals surface area (Å²) in [5, 5.41) is 9.19. The molecule has 0 bridgehead atoms. The minimum Gasteiger partial charge on any atom is -0.481 e. The number of nitrogens with zero attached hydrogens (tertiary/aromatic N) is 1. The number of carboxylic acid groups (broad SMARTS) is 1. The zero-order valence-electron chi connectivity index (χ0n) is 15.0. The lowest BCUT2D eigenvalue weighted by molar-refractivity contribution is -0.148. The molecule has 5 rings (SSSR count). The molecule has 2 unspecified atom stereocenters. The van der Waals surface area contributed by atoms with Gasteiger partial charge in [0, 0.05) is 24.5 Å². The Morgan fingerprint density at radius 2 is 1.69 bits per heavy atom. The van der Waals surface area contributed by atoms with Crippen molar-refractivity contribution >= 4 is 5.97 Å².